The fourth-order valence-corrected chi connectivity index (χ4v) is 2.14. The van der Waals surface area contributed by atoms with Gasteiger partial charge < -0.3 is 24.1 Å². The molecule has 1 aromatic carbocycles. The highest BCUT2D eigenvalue weighted by atomic mass is 16.7. The Kier molecular flexibility index (Phi) is 3.53. The molecule has 0 radical (unpaired) electrons. The van der Waals surface area contributed by atoms with Crippen LogP contribution in [0.5, 0.6) is 11.5 Å². The molecule has 110 valence electrons. The van der Waals surface area contributed by atoms with Gasteiger partial charge in [0.05, 0.1) is 13.2 Å². The SMILES string of the molecule is COC1=CC(=O)OC(C=Cc2ccc3c(c2)OCO3)C1O. The highest BCUT2D eigenvalue weighted by Gasteiger charge is 2.30. The number of rotatable bonds is 3. The van der Waals surface area contributed by atoms with Crippen LogP contribution in [-0.4, -0.2) is 37.2 Å². The molecule has 0 aliphatic carbocycles. The number of methoxy groups -OCH3 is 1. The Morgan fingerprint density at radius 3 is 2.95 bits per heavy atom. The Bertz CT molecular complexity index is 619. The molecule has 0 aromatic heterocycles. The summed E-state index contributed by atoms with van der Waals surface area (Å²) < 4.78 is 20.5. The van der Waals surface area contributed by atoms with Crippen molar-refractivity contribution in [2.24, 2.45) is 0 Å². The lowest BCUT2D eigenvalue weighted by atomic mass is 10.1. The number of aliphatic hydroxyl groups excluding tert-OH is 1. The minimum absolute atomic E-state index is 0.187. The van der Waals surface area contributed by atoms with Gasteiger partial charge in [0.15, 0.2) is 23.7 Å². The lowest BCUT2D eigenvalue weighted by molar-refractivity contribution is -0.148. The summed E-state index contributed by atoms with van der Waals surface area (Å²) in [6.07, 6.45) is 2.67. The van der Waals surface area contributed by atoms with E-state index < -0.39 is 18.2 Å². The van der Waals surface area contributed by atoms with Crippen molar-refractivity contribution >= 4 is 12.0 Å². The molecule has 0 saturated carbocycles. The Balaban J connectivity index is 1.77. The van der Waals surface area contributed by atoms with E-state index in [2.05, 4.69) is 0 Å². The maximum absolute atomic E-state index is 11.4. The summed E-state index contributed by atoms with van der Waals surface area (Å²) in [5.41, 5.74) is 0.844. The molecule has 2 heterocycles. The van der Waals surface area contributed by atoms with Crippen molar-refractivity contribution in [1.29, 1.82) is 0 Å². The summed E-state index contributed by atoms with van der Waals surface area (Å²) in [5, 5.41) is 10.0. The highest BCUT2D eigenvalue weighted by Crippen LogP contribution is 2.33. The van der Waals surface area contributed by atoms with Crippen molar-refractivity contribution in [3.63, 3.8) is 0 Å². The van der Waals surface area contributed by atoms with E-state index in [1.165, 1.54) is 7.11 Å². The summed E-state index contributed by atoms with van der Waals surface area (Å²) in [4.78, 5) is 11.4. The van der Waals surface area contributed by atoms with Crippen LogP contribution in [0.4, 0.5) is 0 Å². The first-order valence-corrected chi connectivity index (χ1v) is 6.39. The van der Waals surface area contributed by atoms with Gasteiger partial charge in [-0.2, -0.15) is 0 Å². The molecule has 2 aliphatic rings. The number of aliphatic hydroxyl groups is 1. The second-order valence-electron chi connectivity index (χ2n) is 4.57. The summed E-state index contributed by atoms with van der Waals surface area (Å²) in [6.45, 7) is 0.212. The number of hydrogen-bond acceptors (Lipinski definition) is 6. The number of carbonyl (C=O) groups is 1. The number of benzene rings is 1. The monoisotopic (exact) mass is 290 g/mol. The quantitative estimate of drug-likeness (QED) is 0.844. The van der Waals surface area contributed by atoms with Crippen LogP contribution in [0.1, 0.15) is 5.56 Å². The molecule has 0 saturated heterocycles. The summed E-state index contributed by atoms with van der Waals surface area (Å²) in [5.74, 6) is 1.00. The smallest absolute Gasteiger partial charge is 0.334 e. The third-order valence-corrected chi connectivity index (χ3v) is 3.23. The van der Waals surface area contributed by atoms with Crippen molar-refractivity contribution in [1.82, 2.24) is 0 Å². The predicted octanol–water partition coefficient (Wildman–Crippen LogP) is 1.25. The van der Waals surface area contributed by atoms with Crippen LogP contribution in [-0.2, 0) is 14.3 Å². The van der Waals surface area contributed by atoms with E-state index in [-0.39, 0.29) is 12.6 Å². The van der Waals surface area contributed by atoms with Crippen LogP contribution in [0, 0.1) is 0 Å². The molecule has 21 heavy (non-hydrogen) atoms. The maximum atomic E-state index is 11.4. The van der Waals surface area contributed by atoms with Gasteiger partial charge in [-0.3, -0.25) is 0 Å². The van der Waals surface area contributed by atoms with Gasteiger partial charge in [-0.25, -0.2) is 4.79 Å². The first-order valence-electron chi connectivity index (χ1n) is 6.39. The molecule has 0 fully saturated rings. The van der Waals surface area contributed by atoms with Crippen molar-refractivity contribution in [2.75, 3.05) is 13.9 Å². The van der Waals surface area contributed by atoms with Crippen molar-refractivity contribution in [3.8, 4) is 11.5 Å². The van der Waals surface area contributed by atoms with Gasteiger partial charge in [-0.1, -0.05) is 12.1 Å². The van der Waals surface area contributed by atoms with Crippen molar-refractivity contribution in [3.05, 3.63) is 41.7 Å². The normalized spacial score (nSPS) is 23.9. The number of fused-ring (bicyclic) bond motifs is 1. The zero-order valence-corrected chi connectivity index (χ0v) is 11.3. The van der Waals surface area contributed by atoms with Gasteiger partial charge in [0.1, 0.15) is 5.76 Å². The van der Waals surface area contributed by atoms with E-state index in [4.69, 9.17) is 18.9 Å². The molecule has 1 N–H and O–H groups in total. The number of ether oxygens (including phenoxy) is 4. The lowest BCUT2D eigenvalue weighted by Crippen LogP contribution is -2.35. The molecular formula is C15H14O6. The number of hydrogen-bond donors (Lipinski definition) is 1. The van der Waals surface area contributed by atoms with E-state index in [1.807, 2.05) is 12.1 Å². The first kappa shape index (κ1) is 13.5. The Labute approximate surface area is 121 Å². The zero-order chi connectivity index (χ0) is 14.8. The van der Waals surface area contributed by atoms with Crippen LogP contribution in [0.15, 0.2) is 36.1 Å². The average Bonchev–Trinajstić information content (AvgIpc) is 2.95. The van der Waals surface area contributed by atoms with E-state index >= 15 is 0 Å². The van der Waals surface area contributed by atoms with Gasteiger partial charge in [-0.15, -0.1) is 0 Å². The minimum Gasteiger partial charge on any atom is -0.498 e. The second-order valence-corrected chi connectivity index (χ2v) is 4.57. The standard InChI is InChI=1S/C15H14O6/c1-18-13-7-14(16)21-11(15(13)17)5-3-9-2-4-10-12(6-9)20-8-19-10/h2-7,11,15,17H,8H2,1H3. The fourth-order valence-electron chi connectivity index (χ4n) is 2.14. The van der Waals surface area contributed by atoms with Gasteiger partial charge in [-0.05, 0) is 23.8 Å². The molecule has 6 heteroatoms. The molecular weight excluding hydrogens is 276 g/mol. The number of cyclic esters (lactones) is 1. The van der Waals surface area contributed by atoms with Crippen LogP contribution >= 0.6 is 0 Å². The van der Waals surface area contributed by atoms with Gasteiger partial charge in [0.2, 0.25) is 6.79 Å². The molecule has 2 aliphatic heterocycles. The summed E-state index contributed by atoms with van der Waals surface area (Å²) >= 11 is 0. The average molecular weight is 290 g/mol. The van der Waals surface area contributed by atoms with E-state index in [0.29, 0.717) is 11.5 Å². The van der Waals surface area contributed by atoms with E-state index in [0.717, 1.165) is 11.6 Å². The first-order chi connectivity index (χ1) is 10.2. The number of esters is 1. The Morgan fingerprint density at radius 1 is 1.33 bits per heavy atom. The van der Waals surface area contributed by atoms with Crippen LogP contribution in [0.25, 0.3) is 6.08 Å². The number of carbonyl (C=O) groups excluding carboxylic acids is 1. The lowest BCUT2D eigenvalue weighted by Gasteiger charge is -2.25. The minimum atomic E-state index is -1.02. The van der Waals surface area contributed by atoms with Crippen LogP contribution in [0.3, 0.4) is 0 Å². The topological polar surface area (TPSA) is 74.2 Å². The van der Waals surface area contributed by atoms with Crippen molar-refractivity contribution in [2.45, 2.75) is 12.2 Å². The van der Waals surface area contributed by atoms with E-state index in [9.17, 15) is 9.90 Å². The van der Waals surface area contributed by atoms with Crippen LogP contribution in [0.2, 0.25) is 0 Å². The van der Waals surface area contributed by atoms with Gasteiger partial charge in [0, 0.05) is 0 Å². The Hall–Kier alpha value is -2.47. The highest BCUT2D eigenvalue weighted by molar-refractivity contribution is 5.84. The second kappa shape index (κ2) is 5.49. The largest absolute Gasteiger partial charge is 0.498 e. The molecule has 2 atom stereocenters. The molecule has 1 aromatic rings. The molecule has 6 nitrogen and oxygen atoms in total. The van der Waals surface area contributed by atoms with Gasteiger partial charge >= 0.3 is 5.97 Å². The molecule has 2 unspecified atom stereocenters. The third kappa shape index (κ3) is 2.71. The molecule has 0 amide bonds. The molecule has 3 rings (SSSR count). The van der Waals surface area contributed by atoms with Crippen molar-refractivity contribution < 1.29 is 28.8 Å². The zero-order valence-electron chi connectivity index (χ0n) is 11.3. The molecule has 0 bridgehead atoms. The summed E-state index contributed by atoms with van der Waals surface area (Å²) in [7, 11) is 1.40. The van der Waals surface area contributed by atoms with Crippen LogP contribution < -0.4 is 9.47 Å². The van der Waals surface area contributed by atoms with E-state index in [1.54, 1.807) is 18.2 Å². The van der Waals surface area contributed by atoms with Gasteiger partial charge in [0.25, 0.3) is 0 Å². The molecule has 0 spiro atoms. The fraction of sp³-hybridized carbons (Fsp3) is 0.267. The maximum Gasteiger partial charge on any atom is 0.334 e. The summed E-state index contributed by atoms with van der Waals surface area (Å²) in [6, 6.07) is 5.45. The third-order valence-electron chi connectivity index (χ3n) is 3.23. The predicted molar refractivity (Wildman–Crippen MR) is 72.6 cm³/mol. The Morgan fingerprint density at radius 2 is 2.14 bits per heavy atom.